The Morgan fingerprint density at radius 3 is 2.62 bits per heavy atom. The lowest BCUT2D eigenvalue weighted by Crippen LogP contribution is -2.30. The minimum Gasteiger partial charge on any atom is -0.371 e. The van der Waals surface area contributed by atoms with Crippen LogP contribution in [-0.2, 0) is 21.3 Å². The van der Waals surface area contributed by atoms with Crippen molar-refractivity contribution in [1.82, 2.24) is 20.2 Å². The predicted molar refractivity (Wildman–Crippen MR) is 68.2 cm³/mol. The Morgan fingerprint density at radius 2 is 2.05 bits per heavy atom. The Hall–Kier alpha value is -1.17. The molecule has 1 aromatic heterocycles. The first-order chi connectivity index (χ1) is 9.67. The van der Waals surface area contributed by atoms with Crippen molar-refractivity contribution in [2.45, 2.75) is 24.7 Å². The molecule has 0 aliphatic carbocycles. The highest BCUT2D eigenvalue weighted by Gasteiger charge is 2.27. The largest absolute Gasteiger partial charge is 0.411 e. The lowest BCUT2D eigenvalue weighted by atomic mass is 10.3. The van der Waals surface area contributed by atoms with Crippen LogP contribution in [0.2, 0.25) is 0 Å². The van der Waals surface area contributed by atoms with Crippen LogP contribution >= 0.6 is 0 Å². The second kappa shape index (κ2) is 7.20. The van der Waals surface area contributed by atoms with Gasteiger partial charge in [-0.25, -0.2) is 13.1 Å². The lowest BCUT2D eigenvalue weighted by Gasteiger charge is -2.09. The Kier molecular flexibility index (Phi) is 6.13. The van der Waals surface area contributed by atoms with Crippen LogP contribution in [0.1, 0.15) is 11.3 Å². The molecule has 0 aliphatic heterocycles. The van der Waals surface area contributed by atoms with E-state index in [1.807, 2.05) is 0 Å². The fraction of sp³-hybridized carbons (Fsp3) is 0.700. The zero-order valence-electron chi connectivity index (χ0n) is 11.5. The number of aryl methyl sites for hydroxylation is 1. The highest BCUT2D eigenvalue weighted by Crippen LogP contribution is 2.16. The number of halogens is 3. The fourth-order valence-electron chi connectivity index (χ4n) is 1.54. The number of rotatable bonds is 8. The Morgan fingerprint density at radius 1 is 1.38 bits per heavy atom. The molecule has 0 saturated carbocycles. The normalized spacial score (nSPS) is 12.8. The molecule has 0 spiro atoms. The molecule has 122 valence electrons. The highest BCUT2D eigenvalue weighted by molar-refractivity contribution is 7.89. The second-order valence-electron chi connectivity index (χ2n) is 4.23. The van der Waals surface area contributed by atoms with Crippen molar-refractivity contribution in [2.24, 2.45) is 0 Å². The van der Waals surface area contributed by atoms with Crippen LogP contribution in [0.15, 0.2) is 5.03 Å². The van der Waals surface area contributed by atoms with E-state index in [0.717, 1.165) is 0 Å². The van der Waals surface area contributed by atoms with Gasteiger partial charge >= 0.3 is 6.18 Å². The molecule has 11 heteroatoms. The highest BCUT2D eigenvalue weighted by atomic mass is 32.2. The number of alkyl halides is 3. The average molecular weight is 330 g/mol. The maximum atomic E-state index is 12.0. The van der Waals surface area contributed by atoms with Gasteiger partial charge in [-0.3, -0.25) is 5.10 Å². The van der Waals surface area contributed by atoms with E-state index < -0.39 is 22.8 Å². The summed E-state index contributed by atoms with van der Waals surface area (Å²) in [7, 11) is -2.25. The molecule has 0 radical (unpaired) electrons. The van der Waals surface area contributed by atoms with Crippen LogP contribution in [0.25, 0.3) is 0 Å². The van der Waals surface area contributed by atoms with Crippen molar-refractivity contribution in [2.75, 3.05) is 26.8 Å². The third-order valence-electron chi connectivity index (χ3n) is 2.45. The van der Waals surface area contributed by atoms with E-state index in [0.29, 0.717) is 17.8 Å². The summed E-state index contributed by atoms with van der Waals surface area (Å²) in [6.07, 6.45) is -4.43. The van der Waals surface area contributed by atoms with Crippen molar-refractivity contribution < 1.29 is 26.3 Å². The number of nitrogens with zero attached hydrogens (tertiary/aromatic N) is 1. The Bertz CT molecular complexity index is 556. The van der Waals surface area contributed by atoms with Gasteiger partial charge in [-0.1, -0.05) is 0 Å². The van der Waals surface area contributed by atoms with E-state index in [1.54, 1.807) is 14.0 Å². The summed E-state index contributed by atoms with van der Waals surface area (Å²) >= 11 is 0. The summed E-state index contributed by atoms with van der Waals surface area (Å²) in [6.45, 7) is -0.109. The van der Waals surface area contributed by atoms with Crippen LogP contribution < -0.4 is 10.0 Å². The van der Waals surface area contributed by atoms with Gasteiger partial charge < -0.3 is 10.1 Å². The van der Waals surface area contributed by atoms with Gasteiger partial charge in [0.15, 0.2) is 5.03 Å². The molecule has 0 fully saturated rings. The van der Waals surface area contributed by atoms with Crippen LogP contribution in [0.4, 0.5) is 13.2 Å². The molecular weight excluding hydrogens is 313 g/mol. The van der Waals surface area contributed by atoms with Gasteiger partial charge in [0, 0.05) is 24.3 Å². The van der Waals surface area contributed by atoms with Gasteiger partial charge in [-0.2, -0.15) is 18.3 Å². The number of sulfonamides is 1. The van der Waals surface area contributed by atoms with Crippen molar-refractivity contribution in [3.63, 3.8) is 0 Å². The van der Waals surface area contributed by atoms with Crippen molar-refractivity contribution in [3.05, 3.63) is 11.3 Å². The quantitative estimate of drug-likeness (QED) is 0.596. The molecule has 3 N–H and O–H groups in total. The summed E-state index contributed by atoms with van der Waals surface area (Å²) in [5, 5.41) is 8.91. The van der Waals surface area contributed by atoms with Crippen molar-refractivity contribution in [1.29, 1.82) is 0 Å². The molecule has 7 nitrogen and oxygen atoms in total. The van der Waals surface area contributed by atoms with E-state index in [9.17, 15) is 21.6 Å². The SMILES string of the molecule is CNCc1c(S(=O)(=O)NCCOCC(F)(F)F)n[nH]c1C. The van der Waals surface area contributed by atoms with Gasteiger partial charge in [0.25, 0.3) is 10.0 Å². The molecule has 0 unspecified atom stereocenters. The fourth-order valence-corrected chi connectivity index (χ4v) is 2.75. The first-order valence-corrected chi connectivity index (χ1v) is 7.48. The Labute approximate surface area is 120 Å². The average Bonchev–Trinajstić information content (AvgIpc) is 2.70. The Balaban J connectivity index is 2.58. The molecule has 0 atom stereocenters. The van der Waals surface area contributed by atoms with Crippen LogP contribution in [0, 0.1) is 6.92 Å². The second-order valence-corrected chi connectivity index (χ2v) is 5.91. The summed E-state index contributed by atoms with van der Waals surface area (Å²) < 4.78 is 66.0. The molecular formula is C10H17F3N4O3S. The lowest BCUT2D eigenvalue weighted by molar-refractivity contribution is -0.173. The van der Waals surface area contributed by atoms with E-state index in [2.05, 4.69) is 25.0 Å². The van der Waals surface area contributed by atoms with Crippen molar-refractivity contribution >= 4 is 10.0 Å². The van der Waals surface area contributed by atoms with E-state index in [4.69, 9.17) is 0 Å². The van der Waals surface area contributed by atoms with Gasteiger partial charge in [0.1, 0.15) is 6.61 Å². The van der Waals surface area contributed by atoms with Gasteiger partial charge in [-0.05, 0) is 14.0 Å². The number of H-pyrrole nitrogens is 1. The maximum Gasteiger partial charge on any atom is 0.411 e. The topological polar surface area (TPSA) is 96.1 Å². The third kappa shape index (κ3) is 5.61. The molecule has 0 aromatic carbocycles. The number of aromatic amines is 1. The van der Waals surface area contributed by atoms with Crippen LogP contribution in [0.3, 0.4) is 0 Å². The molecule has 0 bridgehead atoms. The van der Waals surface area contributed by atoms with Gasteiger partial charge in [-0.15, -0.1) is 0 Å². The number of nitrogens with one attached hydrogen (secondary N) is 3. The number of hydrogen-bond acceptors (Lipinski definition) is 5. The minimum atomic E-state index is -4.43. The summed E-state index contributed by atoms with van der Waals surface area (Å²) in [5.74, 6) is 0. The van der Waals surface area contributed by atoms with Gasteiger partial charge in [0.05, 0.1) is 6.61 Å². The molecule has 0 saturated heterocycles. The summed E-state index contributed by atoms with van der Waals surface area (Å²) in [6, 6.07) is 0. The predicted octanol–water partition coefficient (Wildman–Crippen LogP) is 0.295. The summed E-state index contributed by atoms with van der Waals surface area (Å²) in [5.41, 5.74) is 1.07. The molecule has 1 rings (SSSR count). The molecule has 1 heterocycles. The summed E-state index contributed by atoms with van der Waals surface area (Å²) in [4.78, 5) is 0. The van der Waals surface area contributed by atoms with E-state index >= 15 is 0 Å². The van der Waals surface area contributed by atoms with E-state index in [-0.39, 0.29) is 18.2 Å². The van der Waals surface area contributed by atoms with E-state index in [1.165, 1.54) is 0 Å². The first kappa shape index (κ1) is 17.9. The first-order valence-electron chi connectivity index (χ1n) is 6.00. The molecule has 0 amide bonds. The van der Waals surface area contributed by atoms with Crippen molar-refractivity contribution in [3.8, 4) is 0 Å². The monoisotopic (exact) mass is 330 g/mol. The minimum absolute atomic E-state index is 0.176. The smallest absolute Gasteiger partial charge is 0.371 e. The third-order valence-corrected chi connectivity index (χ3v) is 3.88. The van der Waals surface area contributed by atoms with Crippen LogP contribution in [-0.4, -0.2) is 51.6 Å². The molecule has 21 heavy (non-hydrogen) atoms. The molecule has 0 aliphatic rings. The molecule has 1 aromatic rings. The standard InChI is InChI=1S/C10H17F3N4O3S/c1-7-8(5-14-2)9(17-16-7)21(18,19)15-3-4-20-6-10(11,12)13/h14-15H,3-6H2,1-2H3,(H,16,17). The van der Waals surface area contributed by atoms with Gasteiger partial charge in [0.2, 0.25) is 0 Å². The number of hydrogen-bond donors (Lipinski definition) is 3. The zero-order valence-corrected chi connectivity index (χ0v) is 12.4. The van der Waals surface area contributed by atoms with Crippen LogP contribution in [0.5, 0.6) is 0 Å². The number of aromatic nitrogens is 2. The maximum absolute atomic E-state index is 12.0. The number of ether oxygens (including phenoxy) is 1. The zero-order chi connectivity index (χ0) is 16.1.